The summed E-state index contributed by atoms with van der Waals surface area (Å²) in [6.07, 6.45) is 9.14. The second-order valence-corrected chi connectivity index (χ2v) is 8.06. The first-order valence-electron chi connectivity index (χ1n) is 7.65. The molecule has 1 saturated carbocycles. The molecule has 1 aromatic heterocycles. The first-order chi connectivity index (χ1) is 8.97. The predicted octanol–water partition coefficient (Wildman–Crippen LogP) is 4.50. The monoisotopic (exact) mass is 280 g/mol. The number of hydrogen-bond acceptors (Lipinski definition) is 3. The van der Waals surface area contributed by atoms with Crippen molar-refractivity contribution < 1.29 is 0 Å². The van der Waals surface area contributed by atoms with Crippen LogP contribution >= 0.6 is 11.3 Å². The molecule has 19 heavy (non-hydrogen) atoms. The zero-order chi connectivity index (χ0) is 13.9. The summed E-state index contributed by atoms with van der Waals surface area (Å²) in [6, 6.07) is 0.639. The molecule has 1 heterocycles. The summed E-state index contributed by atoms with van der Waals surface area (Å²) < 4.78 is 0. The van der Waals surface area contributed by atoms with Crippen molar-refractivity contribution in [2.45, 2.75) is 77.8 Å². The van der Waals surface area contributed by atoms with Crippen molar-refractivity contribution in [2.75, 3.05) is 0 Å². The maximum atomic E-state index is 4.56. The van der Waals surface area contributed by atoms with Gasteiger partial charge in [-0.05, 0) is 25.7 Å². The largest absolute Gasteiger partial charge is 0.309 e. The molecule has 108 valence electrons. The normalized spacial score (nSPS) is 19.6. The van der Waals surface area contributed by atoms with Crippen molar-refractivity contribution in [3.05, 3.63) is 16.1 Å². The smallest absolute Gasteiger partial charge is 0.0981 e. The van der Waals surface area contributed by atoms with E-state index in [2.05, 4.69) is 38.0 Å². The van der Waals surface area contributed by atoms with Crippen LogP contribution in [0.2, 0.25) is 0 Å². The zero-order valence-electron chi connectivity index (χ0n) is 12.8. The Labute approximate surface area is 122 Å². The summed E-state index contributed by atoms with van der Waals surface area (Å²) in [5, 5.41) is 4.95. The minimum atomic E-state index is 0.178. The Bertz CT molecular complexity index is 386. The quantitative estimate of drug-likeness (QED) is 0.878. The van der Waals surface area contributed by atoms with E-state index >= 15 is 0 Å². The zero-order valence-corrected chi connectivity index (χ0v) is 13.6. The SMILES string of the molecule is C[C@H](NCc1cnc(C(C)(C)C)s1)C1CCCCC1. The van der Waals surface area contributed by atoms with E-state index < -0.39 is 0 Å². The predicted molar refractivity (Wildman–Crippen MR) is 83.7 cm³/mol. The molecule has 0 amide bonds. The van der Waals surface area contributed by atoms with Crippen molar-refractivity contribution in [3.63, 3.8) is 0 Å². The third-order valence-electron chi connectivity index (χ3n) is 4.15. The van der Waals surface area contributed by atoms with Gasteiger partial charge in [-0.15, -0.1) is 11.3 Å². The molecule has 1 atom stereocenters. The van der Waals surface area contributed by atoms with Crippen LogP contribution in [0, 0.1) is 5.92 Å². The minimum absolute atomic E-state index is 0.178. The lowest BCUT2D eigenvalue weighted by atomic mass is 9.84. The molecule has 1 N–H and O–H groups in total. The number of nitrogens with one attached hydrogen (secondary N) is 1. The molecule has 0 spiro atoms. The molecule has 2 rings (SSSR count). The fourth-order valence-corrected chi connectivity index (χ4v) is 3.72. The van der Waals surface area contributed by atoms with E-state index in [4.69, 9.17) is 0 Å². The molecule has 0 saturated heterocycles. The first kappa shape index (κ1) is 15.0. The molecule has 1 aliphatic carbocycles. The van der Waals surface area contributed by atoms with Gasteiger partial charge in [-0.2, -0.15) is 0 Å². The van der Waals surface area contributed by atoms with Crippen LogP contribution < -0.4 is 5.32 Å². The number of aromatic nitrogens is 1. The van der Waals surface area contributed by atoms with Gasteiger partial charge in [0, 0.05) is 29.1 Å². The highest BCUT2D eigenvalue weighted by molar-refractivity contribution is 7.11. The van der Waals surface area contributed by atoms with Crippen LogP contribution in [0.4, 0.5) is 0 Å². The van der Waals surface area contributed by atoms with E-state index in [1.54, 1.807) is 0 Å². The number of rotatable bonds is 4. The molecule has 0 aliphatic heterocycles. The highest BCUT2D eigenvalue weighted by atomic mass is 32.1. The van der Waals surface area contributed by atoms with Gasteiger partial charge in [0.1, 0.15) is 0 Å². The lowest BCUT2D eigenvalue weighted by molar-refractivity contribution is 0.281. The van der Waals surface area contributed by atoms with E-state index in [0.29, 0.717) is 6.04 Å². The second-order valence-electron chi connectivity index (χ2n) is 6.95. The summed E-state index contributed by atoms with van der Waals surface area (Å²) in [6.45, 7) is 10.0. The Morgan fingerprint density at radius 3 is 2.58 bits per heavy atom. The van der Waals surface area contributed by atoms with Gasteiger partial charge in [-0.25, -0.2) is 4.98 Å². The number of thiazole rings is 1. The average molecular weight is 280 g/mol. The Balaban J connectivity index is 1.83. The second kappa shape index (κ2) is 6.36. The van der Waals surface area contributed by atoms with Crippen LogP contribution in [0.3, 0.4) is 0 Å². The summed E-state index contributed by atoms with van der Waals surface area (Å²) >= 11 is 1.85. The topological polar surface area (TPSA) is 24.9 Å². The maximum absolute atomic E-state index is 4.56. The molecule has 2 nitrogen and oxygen atoms in total. The van der Waals surface area contributed by atoms with Gasteiger partial charge in [-0.3, -0.25) is 0 Å². The molecule has 3 heteroatoms. The van der Waals surface area contributed by atoms with Gasteiger partial charge in [0.2, 0.25) is 0 Å². The van der Waals surface area contributed by atoms with E-state index in [9.17, 15) is 0 Å². The fraction of sp³-hybridized carbons (Fsp3) is 0.812. The highest BCUT2D eigenvalue weighted by Gasteiger charge is 2.21. The van der Waals surface area contributed by atoms with Gasteiger partial charge in [-0.1, -0.05) is 40.0 Å². The molecule has 1 aromatic rings. The Morgan fingerprint density at radius 1 is 1.32 bits per heavy atom. The van der Waals surface area contributed by atoms with E-state index in [-0.39, 0.29) is 5.41 Å². The average Bonchev–Trinajstić information content (AvgIpc) is 2.86. The van der Waals surface area contributed by atoms with E-state index in [1.165, 1.54) is 42.0 Å². The Hall–Kier alpha value is -0.410. The Morgan fingerprint density at radius 2 is 2.00 bits per heavy atom. The summed E-state index contributed by atoms with van der Waals surface area (Å²) in [5.74, 6) is 0.878. The van der Waals surface area contributed by atoms with Crippen LogP contribution in [-0.2, 0) is 12.0 Å². The highest BCUT2D eigenvalue weighted by Crippen LogP contribution is 2.28. The van der Waals surface area contributed by atoms with Gasteiger partial charge in [0.25, 0.3) is 0 Å². The molecular formula is C16H28N2S. The van der Waals surface area contributed by atoms with Crippen molar-refractivity contribution >= 4 is 11.3 Å². The summed E-state index contributed by atoms with van der Waals surface area (Å²) in [4.78, 5) is 5.92. The van der Waals surface area contributed by atoms with Gasteiger partial charge in [0.15, 0.2) is 0 Å². The van der Waals surface area contributed by atoms with Crippen LogP contribution in [0.5, 0.6) is 0 Å². The lowest BCUT2D eigenvalue weighted by Crippen LogP contribution is -2.34. The minimum Gasteiger partial charge on any atom is -0.309 e. The van der Waals surface area contributed by atoms with Crippen molar-refractivity contribution in [3.8, 4) is 0 Å². The van der Waals surface area contributed by atoms with Gasteiger partial charge >= 0.3 is 0 Å². The van der Waals surface area contributed by atoms with Crippen molar-refractivity contribution in [1.29, 1.82) is 0 Å². The van der Waals surface area contributed by atoms with Crippen molar-refractivity contribution in [1.82, 2.24) is 10.3 Å². The molecule has 0 aromatic carbocycles. The number of nitrogens with zero attached hydrogens (tertiary/aromatic N) is 1. The molecule has 0 radical (unpaired) electrons. The van der Waals surface area contributed by atoms with Gasteiger partial charge in [0.05, 0.1) is 5.01 Å². The lowest BCUT2D eigenvalue weighted by Gasteiger charge is -2.28. The van der Waals surface area contributed by atoms with Gasteiger partial charge < -0.3 is 5.32 Å². The van der Waals surface area contributed by atoms with Crippen LogP contribution in [-0.4, -0.2) is 11.0 Å². The van der Waals surface area contributed by atoms with E-state index in [0.717, 1.165) is 12.5 Å². The molecule has 1 aliphatic rings. The molecule has 1 fully saturated rings. The molecule has 0 bridgehead atoms. The third kappa shape index (κ3) is 4.28. The summed E-state index contributed by atoms with van der Waals surface area (Å²) in [7, 11) is 0. The third-order valence-corrected chi connectivity index (χ3v) is 5.57. The van der Waals surface area contributed by atoms with Crippen molar-refractivity contribution in [2.24, 2.45) is 5.92 Å². The Kier molecular flexibility index (Phi) is 5.02. The number of hydrogen-bond donors (Lipinski definition) is 1. The molecule has 0 unspecified atom stereocenters. The maximum Gasteiger partial charge on any atom is 0.0981 e. The van der Waals surface area contributed by atoms with E-state index in [1.807, 2.05) is 17.5 Å². The first-order valence-corrected chi connectivity index (χ1v) is 8.47. The van der Waals surface area contributed by atoms with Crippen LogP contribution in [0.15, 0.2) is 6.20 Å². The fourth-order valence-electron chi connectivity index (χ4n) is 2.80. The molecular weight excluding hydrogens is 252 g/mol. The van der Waals surface area contributed by atoms with Crippen LogP contribution in [0.1, 0.15) is 69.7 Å². The summed E-state index contributed by atoms with van der Waals surface area (Å²) in [5.41, 5.74) is 0.178. The standard InChI is InChI=1S/C16H28N2S/c1-12(13-8-6-5-7-9-13)17-10-14-11-18-15(19-14)16(2,3)4/h11-13,17H,5-10H2,1-4H3/t12-/m0/s1. The van der Waals surface area contributed by atoms with Crippen LogP contribution in [0.25, 0.3) is 0 Å².